The summed E-state index contributed by atoms with van der Waals surface area (Å²) in [6.07, 6.45) is 1.34. The van der Waals surface area contributed by atoms with Gasteiger partial charge in [-0.2, -0.15) is 5.26 Å². The first kappa shape index (κ1) is 12.4. The van der Waals surface area contributed by atoms with Crippen molar-refractivity contribution in [3.05, 3.63) is 47.7 Å². The molecule has 94 valence electrons. The van der Waals surface area contributed by atoms with Crippen molar-refractivity contribution in [3.8, 4) is 6.07 Å². The molecule has 6 heteroatoms. The number of aromatic nitrogens is 1. The lowest BCUT2D eigenvalue weighted by Gasteiger charge is -2.10. The number of nitrogen functional groups attached to an aromatic ring is 1. The van der Waals surface area contributed by atoms with Gasteiger partial charge < -0.3 is 16.2 Å². The molecule has 0 unspecified atom stereocenters. The van der Waals surface area contributed by atoms with E-state index in [1.165, 1.54) is 12.3 Å². The van der Waals surface area contributed by atoms with Gasteiger partial charge in [-0.3, -0.25) is 0 Å². The molecule has 4 N–H and O–H groups in total. The second kappa shape index (κ2) is 5.06. The van der Waals surface area contributed by atoms with E-state index in [0.29, 0.717) is 11.3 Å². The van der Waals surface area contributed by atoms with Crippen molar-refractivity contribution in [2.75, 3.05) is 11.1 Å². The van der Waals surface area contributed by atoms with Crippen LogP contribution in [-0.2, 0) is 0 Å². The normalized spacial score (nSPS) is 9.63. The number of hydrogen-bond donors (Lipinski definition) is 3. The SMILES string of the molecule is N#Cc1ccccc1Nc1nccc(C(=O)O)c1N. The van der Waals surface area contributed by atoms with Crippen molar-refractivity contribution in [3.63, 3.8) is 0 Å². The van der Waals surface area contributed by atoms with Gasteiger partial charge in [0.1, 0.15) is 6.07 Å². The average molecular weight is 254 g/mol. The van der Waals surface area contributed by atoms with Gasteiger partial charge in [0.2, 0.25) is 0 Å². The van der Waals surface area contributed by atoms with Crippen LogP contribution < -0.4 is 11.1 Å². The Hall–Kier alpha value is -3.07. The third kappa shape index (κ3) is 2.45. The maximum atomic E-state index is 11.0. The van der Waals surface area contributed by atoms with Crippen molar-refractivity contribution >= 4 is 23.2 Å². The molecule has 0 spiro atoms. The number of carboxylic acid groups (broad SMARTS) is 1. The first-order chi connectivity index (χ1) is 9.13. The van der Waals surface area contributed by atoms with Gasteiger partial charge >= 0.3 is 5.97 Å². The second-order valence-corrected chi connectivity index (χ2v) is 3.71. The number of nitriles is 1. The number of nitrogens with zero attached hydrogens (tertiary/aromatic N) is 2. The maximum Gasteiger partial charge on any atom is 0.337 e. The van der Waals surface area contributed by atoms with E-state index in [9.17, 15) is 4.79 Å². The number of hydrogen-bond acceptors (Lipinski definition) is 5. The first-order valence-electron chi connectivity index (χ1n) is 5.37. The number of pyridine rings is 1. The quantitative estimate of drug-likeness (QED) is 0.772. The predicted octanol–water partition coefficient (Wildman–Crippen LogP) is 1.98. The van der Waals surface area contributed by atoms with E-state index in [0.717, 1.165) is 0 Å². The molecule has 0 saturated carbocycles. The molecule has 1 aromatic heterocycles. The summed E-state index contributed by atoms with van der Waals surface area (Å²) >= 11 is 0. The predicted molar refractivity (Wildman–Crippen MR) is 70.0 cm³/mol. The average Bonchev–Trinajstić information content (AvgIpc) is 2.41. The molecule has 19 heavy (non-hydrogen) atoms. The van der Waals surface area contributed by atoms with E-state index < -0.39 is 5.97 Å². The van der Waals surface area contributed by atoms with Crippen LogP contribution in [0.2, 0.25) is 0 Å². The van der Waals surface area contributed by atoms with Gasteiger partial charge in [-0.1, -0.05) is 12.1 Å². The van der Waals surface area contributed by atoms with Crippen LogP contribution >= 0.6 is 0 Å². The van der Waals surface area contributed by atoms with Crippen LogP contribution in [-0.4, -0.2) is 16.1 Å². The van der Waals surface area contributed by atoms with Gasteiger partial charge in [0.05, 0.1) is 22.5 Å². The van der Waals surface area contributed by atoms with Crippen LogP contribution in [0, 0.1) is 11.3 Å². The van der Waals surface area contributed by atoms with E-state index in [1.807, 2.05) is 6.07 Å². The molecule has 0 amide bonds. The standard InChI is InChI=1S/C13H10N4O2/c14-7-8-3-1-2-4-10(8)17-12-11(15)9(13(18)19)5-6-16-12/h1-6H,15H2,(H,16,17)(H,18,19). The van der Waals surface area contributed by atoms with E-state index in [4.69, 9.17) is 16.1 Å². The number of carbonyl (C=O) groups is 1. The zero-order chi connectivity index (χ0) is 13.8. The summed E-state index contributed by atoms with van der Waals surface area (Å²) in [4.78, 5) is 14.9. The minimum absolute atomic E-state index is 0.0303. The Labute approximate surface area is 109 Å². The molecule has 1 aromatic carbocycles. The lowest BCUT2D eigenvalue weighted by atomic mass is 10.2. The third-order valence-electron chi connectivity index (χ3n) is 2.52. The first-order valence-corrected chi connectivity index (χ1v) is 5.37. The van der Waals surface area contributed by atoms with E-state index >= 15 is 0 Å². The molecule has 1 heterocycles. The molecular formula is C13H10N4O2. The van der Waals surface area contributed by atoms with Crippen LogP contribution in [0.1, 0.15) is 15.9 Å². The van der Waals surface area contributed by atoms with Crippen molar-refractivity contribution in [1.82, 2.24) is 4.98 Å². The number of aromatic carboxylic acids is 1. The van der Waals surface area contributed by atoms with Crippen LogP contribution in [0.15, 0.2) is 36.5 Å². The molecule has 2 aromatic rings. The van der Waals surface area contributed by atoms with E-state index in [2.05, 4.69) is 10.3 Å². The van der Waals surface area contributed by atoms with Crippen molar-refractivity contribution in [2.24, 2.45) is 0 Å². The zero-order valence-electron chi connectivity index (χ0n) is 9.79. The lowest BCUT2D eigenvalue weighted by Crippen LogP contribution is -2.07. The number of benzene rings is 1. The Kier molecular flexibility index (Phi) is 3.30. The van der Waals surface area contributed by atoms with Crippen LogP contribution in [0.5, 0.6) is 0 Å². The van der Waals surface area contributed by atoms with Gasteiger partial charge in [0, 0.05) is 6.20 Å². The lowest BCUT2D eigenvalue weighted by molar-refractivity contribution is 0.0698. The van der Waals surface area contributed by atoms with Crippen molar-refractivity contribution in [1.29, 1.82) is 5.26 Å². The highest BCUT2D eigenvalue weighted by atomic mass is 16.4. The smallest absolute Gasteiger partial charge is 0.337 e. The van der Waals surface area contributed by atoms with Gasteiger partial charge in [0.15, 0.2) is 5.82 Å². The maximum absolute atomic E-state index is 11.0. The topological polar surface area (TPSA) is 112 Å². The summed E-state index contributed by atoms with van der Waals surface area (Å²) < 4.78 is 0. The number of nitrogens with one attached hydrogen (secondary N) is 1. The zero-order valence-corrected chi connectivity index (χ0v) is 9.79. The largest absolute Gasteiger partial charge is 0.478 e. The molecule has 0 atom stereocenters. The molecule has 0 saturated heterocycles. The Morgan fingerprint density at radius 2 is 2.11 bits per heavy atom. The highest BCUT2D eigenvalue weighted by Crippen LogP contribution is 2.25. The fourth-order valence-electron chi connectivity index (χ4n) is 1.58. The van der Waals surface area contributed by atoms with Gasteiger partial charge in [-0.05, 0) is 18.2 Å². The summed E-state index contributed by atoms with van der Waals surface area (Å²) in [6.45, 7) is 0. The molecular weight excluding hydrogens is 244 g/mol. The number of anilines is 3. The number of carboxylic acids is 1. The molecule has 0 bridgehead atoms. The molecule has 2 rings (SSSR count). The third-order valence-corrected chi connectivity index (χ3v) is 2.52. The highest BCUT2D eigenvalue weighted by Gasteiger charge is 2.13. The van der Waals surface area contributed by atoms with Crippen LogP contribution in [0.25, 0.3) is 0 Å². The highest BCUT2D eigenvalue weighted by molar-refractivity contribution is 5.96. The number of rotatable bonds is 3. The van der Waals surface area contributed by atoms with E-state index in [-0.39, 0.29) is 17.1 Å². The van der Waals surface area contributed by atoms with Gasteiger partial charge in [-0.15, -0.1) is 0 Å². The van der Waals surface area contributed by atoms with Crippen LogP contribution in [0.4, 0.5) is 17.2 Å². The van der Waals surface area contributed by atoms with Gasteiger partial charge in [0.25, 0.3) is 0 Å². The molecule has 0 aliphatic heterocycles. The molecule has 0 radical (unpaired) electrons. The summed E-state index contributed by atoms with van der Waals surface area (Å²) in [5.41, 5.74) is 6.67. The Morgan fingerprint density at radius 1 is 1.37 bits per heavy atom. The van der Waals surface area contributed by atoms with Crippen molar-refractivity contribution in [2.45, 2.75) is 0 Å². The van der Waals surface area contributed by atoms with Crippen molar-refractivity contribution < 1.29 is 9.90 Å². The molecule has 6 nitrogen and oxygen atoms in total. The summed E-state index contributed by atoms with van der Waals surface area (Å²) in [5, 5.41) is 20.8. The minimum atomic E-state index is -1.13. The molecule has 0 aliphatic carbocycles. The number of para-hydroxylation sites is 1. The Morgan fingerprint density at radius 3 is 2.79 bits per heavy atom. The second-order valence-electron chi connectivity index (χ2n) is 3.71. The Bertz CT molecular complexity index is 677. The summed E-state index contributed by atoms with van der Waals surface area (Å²) in [6, 6.07) is 10.2. The minimum Gasteiger partial charge on any atom is -0.478 e. The summed E-state index contributed by atoms with van der Waals surface area (Å²) in [7, 11) is 0. The molecule has 0 aliphatic rings. The Balaban J connectivity index is 2.42. The van der Waals surface area contributed by atoms with Gasteiger partial charge in [-0.25, -0.2) is 9.78 Å². The molecule has 0 fully saturated rings. The fraction of sp³-hybridized carbons (Fsp3) is 0. The summed E-state index contributed by atoms with van der Waals surface area (Å²) in [5.74, 6) is -0.917. The van der Waals surface area contributed by atoms with Crippen LogP contribution in [0.3, 0.4) is 0 Å². The fourth-order valence-corrected chi connectivity index (χ4v) is 1.58. The van der Waals surface area contributed by atoms with E-state index in [1.54, 1.807) is 24.3 Å². The number of nitrogens with two attached hydrogens (primary N) is 1. The monoisotopic (exact) mass is 254 g/mol.